The minimum absolute atomic E-state index is 0.632. The highest BCUT2D eigenvalue weighted by atomic mass is 15.2. The highest BCUT2D eigenvalue weighted by Crippen LogP contribution is 2.16. The van der Waals surface area contributed by atoms with E-state index < -0.39 is 0 Å². The van der Waals surface area contributed by atoms with E-state index in [2.05, 4.69) is 67.4 Å². The largest absolute Gasteiger partial charge is 0.309 e. The number of hydrogen-bond donors (Lipinski definition) is 1. The fourth-order valence-corrected chi connectivity index (χ4v) is 2.82. The molecule has 2 rings (SSSR count). The van der Waals surface area contributed by atoms with Crippen molar-refractivity contribution in [3.05, 3.63) is 35.4 Å². The summed E-state index contributed by atoms with van der Waals surface area (Å²) in [7, 11) is 6.46. The highest BCUT2D eigenvalue weighted by molar-refractivity contribution is 5.27. The topological polar surface area (TPSA) is 18.5 Å². The number of nitrogens with one attached hydrogen (secondary N) is 1. The molecule has 0 aliphatic carbocycles. The van der Waals surface area contributed by atoms with E-state index in [0.29, 0.717) is 12.1 Å². The summed E-state index contributed by atoms with van der Waals surface area (Å²) in [6, 6.07) is 10.1. The first-order chi connectivity index (χ1) is 9.06. The molecule has 19 heavy (non-hydrogen) atoms. The lowest BCUT2D eigenvalue weighted by Gasteiger charge is -2.17. The molecule has 0 radical (unpaired) electrons. The van der Waals surface area contributed by atoms with Crippen LogP contribution in [0.15, 0.2) is 24.3 Å². The lowest BCUT2D eigenvalue weighted by atomic mass is 10.1. The van der Waals surface area contributed by atoms with E-state index in [1.165, 1.54) is 17.5 Å². The van der Waals surface area contributed by atoms with Gasteiger partial charge in [0.25, 0.3) is 0 Å². The van der Waals surface area contributed by atoms with Crippen molar-refractivity contribution in [1.29, 1.82) is 0 Å². The predicted molar refractivity (Wildman–Crippen MR) is 81.2 cm³/mol. The van der Waals surface area contributed by atoms with Crippen molar-refractivity contribution in [2.75, 3.05) is 27.7 Å². The van der Waals surface area contributed by atoms with Crippen molar-refractivity contribution in [2.45, 2.75) is 38.5 Å². The van der Waals surface area contributed by atoms with Gasteiger partial charge in [-0.1, -0.05) is 24.3 Å². The molecule has 3 heteroatoms. The van der Waals surface area contributed by atoms with Gasteiger partial charge in [-0.25, -0.2) is 0 Å². The minimum atomic E-state index is 0.632. The second kappa shape index (κ2) is 6.51. The zero-order valence-electron chi connectivity index (χ0n) is 12.7. The van der Waals surface area contributed by atoms with Gasteiger partial charge < -0.3 is 15.1 Å². The maximum atomic E-state index is 3.71. The molecule has 0 spiro atoms. The van der Waals surface area contributed by atoms with E-state index in [9.17, 15) is 0 Å². The van der Waals surface area contributed by atoms with Gasteiger partial charge in [0.1, 0.15) is 0 Å². The predicted octanol–water partition coefficient (Wildman–Crippen LogP) is 1.93. The summed E-state index contributed by atoms with van der Waals surface area (Å²) in [5.41, 5.74) is 2.86. The van der Waals surface area contributed by atoms with Crippen LogP contribution < -0.4 is 5.32 Å². The Hall–Kier alpha value is -0.900. The molecule has 1 heterocycles. The molecule has 1 aliphatic rings. The Labute approximate surface area is 117 Å². The Balaban J connectivity index is 1.92. The van der Waals surface area contributed by atoms with Gasteiger partial charge in [0, 0.05) is 31.7 Å². The molecule has 3 nitrogen and oxygen atoms in total. The van der Waals surface area contributed by atoms with Gasteiger partial charge in [-0.05, 0) is 45.6 Å². The summed E-state index contributed by atoms with van der Waals surface area (Å²) in [5, 5.41) is 3.71. The second-order valence-electron chi connectivity index (χ2n) is 6.11. The molecule has 1 fully saturated rings. The molecule has 1 aliphatic heterocycles. The number of likely N-dealkylation sites (tertiary alicyclic amines) is 1. The summed E-state index contributed by atoms with van der Waals surface area (Å²) in [6.45, 7) is 5.47. The number of nitrogens with zero attached hydrogens (tertiary/aromatic N) is 2. The fraction of sp³-hybridized carbons (Fsp3) is 0.625. The van der Waals surface area contributed by atoms with Crippen molar-refractivity contribution in [3.63, 3.8) is 0 Å². The summed E-state index contributed by atoms with van der Waals surface area (Å²) < 4.78 is 0. The lowest BCUT2D eigenvalue weighted by Crippen LogP contribution is -2.31. The third-order valence-electron chi connectivity index (χ3n) is 4.07. The first-order valence-corrected chi connectivity index (χ1v) is 7.21. The van der Waals surface area contributed by atoms with Gasteiger partial charge in [0.15, 0.2) is 0 Å². The van der Waals surface area contributed by atoms with Crippen molar-refractivity contribution >= 4 is 0 Å². The molecule has 0 saturated carbocycles. The van der Waals surface area contributed by atoms with Gasteiger partial charge in [-0.15, -0.1) is 0 Å². The van der Waals surface area contributed by atoms with E-state index in [4.69, 9.17) is 0 Å². The van der Waals surface area contributed by atoms with Gasteiger partial charge >= 0.3 is 0 Å². The Bertz CT molecular complexity index is 393. The Morgan fingerprint density at radius 1 is 1.26 bits per heavy atom. The molecule has 106 valence electrons. The molecule has 0 aromatic heterocycles. The molecule has 2 unspecified atom stereocenters. The highest BCUT2D eigenvalue weighted by Gasteiger charge is 2.25. The summed E-state index contributed by atoms with van der Waals surface area (Å²) in [6.07, 6.45) is 1.26. The van der Waals surface area contributed by atoms with Crippen LogP contribution in [-0.2, 0) is 13.1 Å². The number of likely N-dealkylation sites (N-methyl/N-ethyl adjacent to an activating group) is 1. The number of rotatable bonds is 5. The molecular formula is C16H27N3. The molecule has 2 atom stereocenters. The van der Waals surface area contributed by atoms with Crippen molar-refractivity contribution in [3.8, 4) is 0 Å². The summed E-state index contributed by atoms with van der Waals surface area (Å²) in [4.78, 5) is 4.66. The Morgan fingerprint density at radius 2 is 1.95 bits per heavy atom. The normalized spacial score (nSPS) is 24.3. The van der Waals surface area contributed by atoms with Gasteiger partial charge in [-0.3, -0.25) is 0 Å². The average molecular weight is 261 g/mol. The van der Waals surface area contributed by atoms with Gasteiger partial charge in [0.2, 0.25) is 0 Å². The number of hydrogen-bond acceptors (Lipinski definition) is 3. The molecular weight excluding hydrogens is 234 g/mol. The lowest BCUT2D eigenvalue weighted by molar-refractivity contribution is 0.326. The van der Waals surface area contributed by atoms with Crippen LogP contribution >= 0.6 is 0 Å². The first kappa shape index (κ1) is 14.5. The van der Waals surface area contributed by atoms with Crippen LogP contribution in [0.5, 0.6) is 0 Å². The molecule has 1 aromatic carbocycles. The zero-order valence-corrected chi connectivity index (χ0v) is 12.7. The zero-order chi connectivity index (χ0) is 13.8. The van der Waals surface area contributed by atoms with Crippen molar-refractivity contribution < 1.29 is 0 Å². The maximum Gasteiger partial charge on any atom is 0.0230 e. The third-order valence-corrected chi connectivity index (χ3v) is 4.07. The van der Waals surface area contributed by atoms with Gasteiger partial charge in [-0.2, -0.15) is 0 Å². The van der Waals surface area contributed by atoms with Crippen molar-refractivity contribution in [2.24, 2.45) is 0 Å². The van der Waals surface area contributed by atoms with E-state index >= 15 is 0 Å². The molecule has 0 amide bonds. The smallest absolute Gasteiger partial charge is 0.0230 e. The monoisotopic (exact) mass is 261 g/mol. The van der Waals surface area contributed by atoms with E-state index in [0.717, 1.165) is 19.6 Å². The maximum absolute atomic E-state index is 3.71. The van der Waals surface area contributed by atoms with Crippen molar-refractivity contribution in [1.82, 2.24) is 15.1 Å². The fourth-order valence-electron chi connectivity index (χ4n) is 2.82. The van der Waals surface area contributed by atoms with E-state index in [1.54, 1.807) is 0 Å². The second-order valence-corrected chi connectivity index (χ2v) is 6.11. The molecule has 1 aromatic rings. The Kier molecular flexibility index (Phi) is 4.97. The molecule has 1 N–H and O–H groups in total. The van der Waals surface area contributed by atoms with Crippen LogP contribution in [0.4, 0.5) is 0 Å². The average Bonchev–Trinajstić information content (AvgIpc) is 2.67. The van der Waals surface area contributed by atoms with Crippen LogP contribution in [0.2, 0.25) is 0 Å². The third kappa shape index (κ3) is 4.03. The van der Waals surface area contributed by atoms with Crippen LogP contribution in [0.1, 0.15) is 24.5 Å². The van der Waals surface area contributed by atoms with Crippen LogP contribution in [0.3, 0.4) is 0 Å². The van der Waals surface area contributed by atoms with Gasteiger partial charge in [0.05, 0.1) is 0 Å². The first-order valence-electron chi connectivity index (χ1n) is 7.21. The SMILES string of the molecule is CC1CC(NCc2ccccc2CN(C)C)CN1C. The van der Waals surface area contributed by atoms with Crippen LogP contribution in [0, 0.1) is 0 Å². The quantitative estimate of drug-likeness (QED) is 0.874. The van der Waals surface area contributed by atoms with E-state index in [-0.39, 0.29) is 0 Å². The summed E-state index contributed by atoms with van der Waals surface area (Å²) in [5.74, 6) is 0. The van der Waals surface area contributed by atoms with Crippen LogP contribution in [0.25, 0.3) is 0 Å². The number of benzene rings is 1. The van der Waals surface area contributed by atoms with Crippen LogP contribution in [-0.4, -0.2) is 49.6 Å². The minimum Gasteiger partial charge on any atom is -0.309 e. The molecule has 1 saturated heterocycles. The summed E-state index contributed by atoms with van der Waals surface area (Å²) >= 11 is 0. The van der Waals surface area contributed by atoms with E-state index in [1.807, 2.05) is 0 Å². The Morgan fingerprint density at radius 3 is 2.53 bits per heavy atom. The molecule has 0 bridgehead atoms. The standard InChI is InChI=1S/C16H27N3/c1-13-9-16(12-19(13)4)17-10-14-7-5-6-8-15(14)11-18(2)3/h5-8,13,16-17H,9-12H2,1-4H3.